The molecular formula is C17H19BrN2O3. The number of hydrogen-bond donors (Lipinski definition) is 0. The van der Waals surface area contributed by atoms with Gasteiger partial charge < -0.3 is 4.74 Å². The Morgan fingerprint density at radius 3 is 2.70 bits per heavy atom. The van der Waals surface area contributed by atoms with Crippen molar-refractivity contribution < 1.29 is 9.66 Å². The lowest BCUT2D eigenvalue weighted by Gasteiger charge is -2.06. The molecule has 0 N–H and O–H groups in total. The number of ether oxygens (including phenoxy) is 1. The quantitative estimate of drug-likeness (QED) is 0.352. The van der Waals surface area contributed by atoms with E-state index in [4.69, 9.17) is 4.74 Å². The van der Waals surface area contributed by atoms with Crippen LogP contribution in [0.25, 0.3) is 0 Å². The van der Waals surface area contributed by atoms with E-state index in [-0.39, 0.29) is 5.69 Å². The Hall–Kier alpha value is -1.95. The number of para-hydroxylation sites is 2. The van der Waals surface area contributed by atoms with E-state index in [1.54, 1.807) is 24.4 Å². The topological polar surface area (TPSA) is 65.3 Å². The summed E-state index contributed by atoms with van der Waals surface area (Å²) in [7, 11) is 0. The number of hydrogen-bond acceptors (Lipinski definition) is 4. The standard InChI is InChI=1S/C17H19BrN2O3/c18-14-10-11-19-15(13-14)7-3-1-2-6-12-23-17-9-5-4-8-16(17)20(21)22/h4-5,8-11,13H,1-3,6-7,12H2. The van der Waals surface area contributed by atoms with Crippen molar-refractivity contribution in [3.05, 3.63) is 62.9 Å². The molecule has 0 atom stereocenters. The van der Waals surface area contributed by atoms with Gasteiger partial charge in [-0.1, -0.05) is 40.9 Å². The molecule has 1 aromatic heterocycles. The highest BCUT2D eigenvalue weighted by molar-refractivity contribution is 9.10. The molecule has 0 aliphatic heterocycles. The first-order valence-electron chi connectivity index (χ1n) is 7.63. The minimum Gasteiger partial charge on any atom is -0.487 e. The van der Waals surface area contributed by atoms with E-state index < -0.39 is 4.92 Å². The lowest BCUT2D eigenvalue weighted by molar-refractivity contribution is -0.385. The highest BCUT2D eigenvalue weighted by Gasteiger charge is 2.12. The van der Waals surface area contributed by atoms with Crippen LogP contribution in [0, 0.1) is 10.1 Å². The van der Waals surface area contributed by atoms with Gasteiger partial charge in [-0.3, -0.25) is 15.1 Å². The summed E-state index contributed by atoms with van der Waals surface area (Å²) in [5, 5.41) is 10.9. The summed E-state index contributed by atoms with van der Waals surface area (Å²) in [6.45, 7) is 0.500. The van der Waals surface area contributed by atoms with E-state index in [1.165, 1.54) is 6.07 Å². The molecule has 0 bridgehead atoms. The second kappa shape index (κ2) is 9.25. The minimum atomic E-state index is -0.416. The molecule has 1 heterocycles. The van der Waals surface area contributed by atoms with Gasteiger partial charge in [0.1, 0.15) is 0 Å². The average molecular weight is 379 g/mol. The SMILES string of the molecule is O=[N+]([O-])c1ccccc1OCCCCCCc1cc(Br)ccn1. The largest absolute Gasteiger partial charge is 0.487 e. The van der Waals surface area contributed by atoms with E-state index in [0.29, 0.717) is 12.4 Å². The Morgan fingerprint density at radius 2 is 1.91 bits per heavy atom. The highest BCUT2D eigenvalue weighted by Crippen LogP contribution is 2.25. The van der Waals surface area contributed by atoms with Gasteiger partial charge in [0.25, 0.3) is 0 Å². The van der Waals surface area contributed by atoms with Gasteiger partial charge in [0, 0.05) is 22.4 Å². The Bertz CT molecular complexity index is 649. The van der Waals surface area contributed by atoms with Gasteiger partial charge in [-0.2, -0.15) is 0 Å². The summed E-state index contributed by atoms with van der Waals surface area (Å²) in [5.41, 5.74) is 1.11. The van der Waals surface area contributed by atoms with Gasteiger partial charge in [0.05, 0.1) is 11.5 Å². The summed E-state index contributed by atoms with van der Waals surface area (Å²) in [5.74, 6) is 0.343. The molecule has 0 fully saturated rings. The first kappa shape index (κ1) is 17.4. The molecule has 1 aromatic carbocycles. The van der Waals surface area contributed by atoms with Crippen molar-refractivity contribution in [2.75, 3.05) is 6.61 Å². The van der Waals surface area contributed by atoms with E-state index in [1.807, 2.05) is 12.1 Å². The number of nitro benzene ring substituents is 1. The first-order chi connectivity index (χ1) is 11.2. The molecule has 0 amide bonds. The number of nitro groups is 1. The van der Waals surface area contributed by atoms with Crippen LogP contribution in [0.2, 0.25) is 0 Å². The molecule has 23 heavy (non-hydrogen) atoms. The van der Waals surface area contributed by atoms with Crippen molar-refractivity contribution in [3.63, 3.8) is 0 Å². The first-order valence-corrected chi connectivity index (χ1v) is 8.43. The number of benzene rings is 1. The third-order valence-electron chi connectivity index (χ3n) is 3.43. The highest BCUT2D eigenvalue weighted by atomic mass is 79.9. The summed E-state index contributed by atoms with van der Waals surface area (Å²) in [6, 6.07) is 10.4. The number of aromatic nitrogens is 1. The fourth-order valence-corrected chi connectivity index (χ4v) is 2.64. The van der Waals surface area contributed by atoms with Crippen LogP contribution in [0.15, 0.2) is 47.1 Å². The zero-order valence-corrected chi connectivity index (χ0v) is 14.4. The maximum Gasteiger partial charge on any atom is 0.310 e. The molecule has 0 unspecified atom stereocenters. The van der Waals surface area contributed by atoms with Crippen LogP contribution in [0.5, 0.6) is 5.75 Å². The molecule has 5 nitrogen and oxygen atoms in total. The molecule has 0 saturated carbocycles. The fourth-order valence-electron chi connectivity index (χ4n) is 2.26. The summed E-state index contributed by atoms with van der Waals surface area (Å²) < 4.78 is 6.57. The Kier molecular flexibility index (Phi) is 7.00. The molecule has 0 spiro atoms. The molecule has 6 heteroatoms. The van der Waals surface area contributed by atoms with Crippen LogP contribution < -0.4 is 4.74 Å². The number of nitrogens with zero attached hydrogens (tertiary/aromatic N) is 2. The van der Waals surface area contributed by atoms with Crippen molar-refractivity contribution in [2.45, 2.75) is 32.1 Å². The Balaban J connectivity index is 1.62. The van der Waals surface area contributed by atoms with Crippen molar-refractivity contribution in [3.8, 4) is 5.75 Å². The Labute approximate surface area is 144 Å². The van der Waals surface area contributed by atoms with Crippen LogP contribution in [-0.2, 0) is 6.42 Å². The normalized spacial score (nSPS) is 10.5. The van der Waals surface area contributed by atoms with Crippen molar-refractivity contribution >= 4 is 21.6 Å². The van der Waals surface area contributed by atoms with Gasteiger partial charge >= 0.3 is 5.69 Å². The van der Waals surface area contributed by atoms with Gasteiger partial charge in [0.2, 0.25) is 0 Å². The third-order valence-corrected chi connectivity index (χ3v) is 3.92. The molecule has 0 radical (unpaired) electrons. The maximum atomic E-state index is 10.9. The predicted molar refractivity (Wildman–Crippen MR) is 92.7 cm³/mol. The summed E-state index contributed by atoms with van der Waals surface area (Å²) in [4.78, 5) is 14.8. The van der Waals surface area contributed by atoms with E-state index in [2.05, 4.69) is 20.9 Å². The lowest BCUT2D eigenvalue weighted by atomic mass is 10.1. The van der Waals surface area contributed by atoms with E-state index in [9.17, 15) is 10.1 Å². The molecular weight excluding hydrogens is 360 g/mol. The third kappa shape index (κ3) is 5.98. The molecule has 0 aliphatic rings. The predicted octanol–water partition coefficient (Wildman–Crippen LogP) is 4.93. The van der Waals surface area contributed by atoms with E-state index >= 15 is 0 Å². The van der Waals surface area contributed by atoms with Gasteiger partial charge in [-0.25, -0.2) is 0 Å². The summed E-state index contributed by atoms with van der Waals surface area (Å²) in [6.07, 6.45) is 6.86. The molecule has 2 aromatic rings. The number of rotatable bonds is 9. The maximum absolute atomic E-state index is 10.9. The number of aryl methyl sites for hydroxylation is 1. The van der Waals surface area contributed by atoms with Gasteiger partial charge in [0.15, 0.2) is 5.75 Å². The number of pyridine rings is 1. The zero-order chi connectivity index (χ0) is 16.5. The molecule has 0 aliphatic carbocycles. The molecule has 122 valence electrons. The van der Waals surface area contributed by atoms with E-state index in [0.717, 1.165) is 42.3 Å². The monoisotopic (exact) mass is 378 g/mol. The van der Waals surface area contributed by atoms with Crippen LogP contribution in [0.3, 0.4) is 0 Å². The minimum absolute atomic E-state index is 0.0215. The average Bonchev–Trinajstić information content (AvgIpc) is 2.54. The van der Waals surface area contributed by atoms with Crippen LogP contribution in [-0.4, -0.2) is 16.5 Å². The van der Waals surface area contributed by atoms with Crippen molar-refractivity contribution in [1.29, 1.82) is 0 Å². The zero-order valence-electron chi connectivity index (χ0n) is 12.8. The Morgan fingerprint density at radius 1 is 1.13 bits per heavy atom. The molecule has 2 rings (SSSR count). The lowest BCUT2D eigenvalue weighted by Crippen LogP contribution is -2.00. The molecule has 0 saturated heterocycles. The van der Waals surface area contributed by atoms with Crippen molar-refractivity contribution in [1.82, 2.24) is 4.98 Å². The van der Waals surface area contributed by atoms with Crippen LogP contribution in [0.1, 0.15) is 31.4 Å². The van der Waals surface area contributed by atoms with Crippen molar-refractivity contribution in [2.24, 2.45) is 0 Å². The number of unbranched alkanes of at least 4 members (excludes halogenated alkanes) is 3. The fraction of sp³-hybridized carbons (Fsp3) is 0.353. The second-order valence-electron chi connectivity index (χ2n) is 5.20. The van der Waals surface area contributed by atoms with Gasteiger partial charge in [-0.15, -0.1) is 0 Å². The number of halogens is 1. The van der Waals surface area contributed by atoms with Crippen LogP contribution >= 0.6 is 15.9 Å². The van der Waals surface area contributed by atoms with Crippen LogP contribution in [0.4, 0.5) is 5.69 Å². The van der Waals surface area contributed by atoms with Gasteiger partial charge in [-0.05, 0) is 37.5 Å². The second-order valence-corrected chi connectivity index (χ2v) is 6.12. The summed E-state index contributed by atoms with van der Waals surface area (Å²) >= 11 is 3.44. The smallest absolute Gasteiger partial charge is 0.310 e.